The van der Waals surface area contributed by atoms with Gasteiger partial charge in [-0.05, 0) is 48.9 Å². The lowest BCUT2D eigenvalue weighted by atomic mass is 10.1. The summed E-state index contributed by atoms with van der Waals surface area (Å²) in [6, 6.07) is 5.21. The molecule has 1 aromatic rings. The molecule has 0 spiro atoms. The molecule has 2 amide bonds. The van der Waals surface area contributed by atoms with Gasteiger partial charge in [0.05, 0.1) is 0 Å². The van der Waals surface area contributed by atoms with Crippen molar-refractivity contribution in [2.45, 2.75) is 36.1 Å². The molecule has 0 aromatic heterocycles. The topological polar surface area (TPSA) is 58.2 Å². The molecule has 0 radical (unpaired) electrons. The fourth-order valence-corrected chi connectivity index (χ4v) is 3.14. The summed E-state index contributed by atoms with van der Waals surface area (Å²) in [5.74, 6) is -0.275. The zero-order valence-corrected chi connectivity index (χ0v) is 13.8. The summed E-state index contributed by atoms with van der Waals surface area (Å²) in [5, 5.41) is 5.41. The minimum absolute atomic E-state index is 0.0234. The number of nitrogens with one attached hydrogen (secondary N) is 2. The summed E-state index contributed by atoms with van der Waals surface area (Å²) in [4.78, 5) is 23.7. The van der Waals surface area contributed by atoms with E-state index in [9.17, 15) is 22.8 Å². The molecule has 1 fully saturated rings. The first kappa shape index (κ1) is 18.6. The third-order valence-electron chi connectivity index (χ3n) is 3.79. The second-order valence-corrected chi connectivity index (χ2v) is 6.74. The first-order chi connectivity index (χ1) is 11.3. The monoisotopic (exact) mass is 360 g/mol. The fraction of sp³-hybridized carbons (Fsp3) is 0.500. The minimum Gasteiger partial charge on any atom is -0.354 e. The first-order valence-electron chi connectivity index (χ1n) is 7.77. The van der Waals surface area contributed by atoms with Crippen LogP contribution in [0.5, 0.6) is 0 Å². The van der Waals surface area contributed by atoms with Gasteiger partial charge < -0.3 is 10.6 Å². The van der Waals surface area contributed by atoms with Gasteiger partial charge in [-0.15, -0.1) is 0 Å². The zero-order chi connectivity index (χ0) is 17.6. The molecule has 0 bridgehead atoms. The van der Waals surface area contributed by atoms with Crippen molar-refractivity contribution in [1.29, 1.82) is 0 Å². The molecule has 0 aliphatic heterocycles. The summed E-state index contributed by atoms with van der Waals surface area (Å²) in [6.07, 6.45) is 4.00. The average Bonchev–Trinajstić information content (AvgIpc) is 3.04. The molecule has 8 heteroatoms. The van der Waals surface area contributed by atoms with Gasteiger partial charge in [0.2, 0.25) is 5.91 Å². The Balaban J connectivity index is 1.71. The molecule has 4 nitrogen and oxygen atoms in total. The quantitative estimate of drug-likeness (QED) is 0.604. The van der Waals surface area contributed by atoms with Gasteiger partial charge in [0.25, 0.3) is 5.91 Å². The van der Waals surface area contributed by atoms with Crippen LogP contribution in [0, 0.1) is 5.92 Å². The second-order valence-electron chi connectivity index (χ2n) is 5.60. The number of alkyl halides is 3. The third kappa shape index (κ3) is 6.07. The van der Waals surface area contributed by atoms with Crippen molar-refractivity contribution in [3.05, 3.63) is 29.8 Å². The number of benzene rings is 1. The number of rotatable bonds is 6. The SMILES string of the molecule is O=C(NCCNC(=O)C1CCCC1)c1ccc(SC(F)(F)F)cc1. The van der Waals surface area contributed by atoms with Gasteiger partial charge in [-0.1, -0.05) is 12.8 Å². The van der Waals surface area contributed by atoms with Crippen molar-refractivity contribution in [1.82, 2.24) is 10.6 Å². The molecule has 1 aliphatic rings. The van der Waals surface area contributed by atoms with Crippen LogP contribution in [0.4, 0.5) is 13.2 Å². The van der Waals surface area contributed by atoms with Gasteiger partial charge in [0, 0.05) is 29.5 Å². The first-order valence-corrected chi connectivity index (χ1v) is 8.58. The number of carbonyl (C=O) groups excluding carboxylic acids is 2. The Morgan fingerprint density at radius 3 is 2.21 bits per heavy atom. The number of hydrogen-bond acceptors (Lipinski definition) is 3. The third-order valence-corrected chi connectivity index (χ3v) is 4.53. The lowest BCUT2D eigenvalue weighted by Crippen LogP contribution is -2.37. The van der Waals surface area contributed by atoms with Gasteiger partial charge in [0.1, 0.15) is 0 Å². The summed E-state index contributed by atoms with van der Waals surface area (Å²) in [6.45, 7) is 0.611. The molecule has 0 heterocycles. The molecular weight excluding hydrogens is 341 g/mol. The molecule has 132 valence electrons. The summed E-state index contributed by atoms with van der Waals surface area (Å²) < 4.78 is 36.7. The Hall–Kier alpha value is -1.70. The number of carbonyl (C=O) groups is 2. The molecular formula is C16H19F3N2O2S. The zero-order valence-electron chi connectivity index (χ0n) is 13.0. The molecule has 24 heavy (non-hydrogen) atoms. The standard InChI is InChI=1S/C16H19F3N2O2S/c17-16(18,19)24-13-7-5-12(6-8-13)15(23)21-10-9-20-14(22)11-3-1-2-4-11/h5-8,11H,1-4,9-10H2,(H,20,22)(H,21,23). The van der Waals surface area contributed by atoms with Crippen LogP contribution < -0.4 is 10.6 Å². The summed E-state index contributed by atoms with van der Waals surface area (Å²) in [7, 11) is 0. The molecule has 0 atom stereocenters. The van der Waals surface area contributed by atoms with Crippen LogP contribution in [0.1, 0.15) is 36.0 Å². The van der Waals surface area contributed by atoms with Crippen LogP contribution >= 0.6 is 11.8 Å². The minimum atomic E-state index is -4.35. The lowest BCUT2D eigenvalue weighted by Gasteiger charge is -2.11. The molecule has 1 saturated carbocycles. The number of hydrogen-bond donors (Lipinski definition) is 2. The van der Waals surface area contributed by atoms with Crippen molar-refractivity contribution >= 4 is 23.6 Å². The highest BCUT2D eigenvalue weighted by atomic mass is 32.2. The predicted molar refractivity (Wildman–Crippen MR) is 85.7 cm³/mol. The summed E-state index contributed by atoms with van der Waals surface area (Å²) in [5.41, 5.74) is -4.06. The van der Waals surface area contributed by atoms with Crippen molar-refractivity contribution < 1.29 is 22.8 Å². The predicted octanol–water partition coefficient (Wildman–Crippen LogP) is 3.33. The van der Waals surface area contributed by atoms with Gasteiger partial charge in [-0.3, -0.25) is 9.59 Å². The molecule has 1 aliphatic carbocycles. The van der Waals surface area contributed by atoms with Crippen molar-refractivity contribution in [3.8, 4) is 0 Å². The Labute approximate surface area is 142 Å². The van der Waals surface area contributed by atoms with Gasteiger partial charge in [-0.2, -0.15) is 13.2 Å². The van der Waals surface area contributed by atoms with Gasteiger partial charge in [-0.25, -0.2) is 0 Å². The van der Waals surface area contributed by atoms with Crippen molar-refractivity contribution in [2.24, 2.45) is 5.92 Å². The maximum atomic E-state index is 12.2. The highest BCUT2D eigenvalue weighted by Gasteiger charge is 2.29. The van der Waals surface area contributed by atoms with E-state index in [1.165, 1.54) is 24.3 Å². The second kappa shape index (κ2) is 8.41. The number of amides is 2. The fourth-order valence-electron chi connectivity index (χ4n) is 2.60. The number of halogens is 3. The maximum absolute atomic E-state index is 12.2. The van der Waals surface area contributed by atoms with Crippen molar-refractivity contribution in [2.75, 3.05) is 13.1 Å². The van der Waals surface area contributed by atoms with E-state index in [-0.39, 0.29) is 46.5 Å². The highest BCUT2D eigenvalue weighted by Crippen LogP contribution is 2.36. The Morgan fingerprint density at radius 1 is 1.04 bits per heavy atom. The van der Waals surface area contributed by atoms with Crippen LogP contribution in [0.3, 0.4) is 0 Å². The van der Waals surface area contributed by atoms with E-state index in [1.54, 1.807) is 0 Å². The van der Waals surface area contributed by atoms with E-state index in [0.29, 0.717) is 6.54 Å². The Morgan fingerprint density at radius 2 is 1.62 bits per heavy atom. The lowest BCUT2D eigenvalue weighted by molar-refractivity contribution is -0.124. The van der Waals surface area contributed by atoms with E-state index in [2.05, 4.69) is 10.6 Å². The van der Waals surface area contributed by atoms with Crippen LogP contribution in [0.25, 0.3) is 0 Å². The Kier molecular flexibility index (Phi) is 6.53. The van der Waals surface area contributed by atoms with Gasteiger partial charge in [0.15, 0.2) is 0 Å². The summed E-state index contributed by atoms with van der Waals surface area (Å²) >= 11 is -0.221. The largest absolute Gasteiger partial charge is 0.446 e. The molecule has 0 saturated heterocycles. The van der Waals surface area contributed by atoms with E-state index in [4.69, 9.17) is 0 Å². The maximum Gasteiger partial charge on any atom is 0.446 e. The van der Waals surface area contributed by atoms with Crippen LogP contribution in [-0.4, -0.2) is 30.4 Å². The van der Waals surface area contributed by atoms with Crippen LogP contribution in [0.15, 0.2) is 29.2 Å². The molecule has 2 N–H and O–H groups in total. The highest BCUT2D eigenvalue weighted by molar-refractivity contribution is 8.00. The van der Waals surface area contributed by atoms with Gasteiger partial charge >= 0.3 is 5.51 Å². The van der Waals surface area contributed by atoms with E-state index in [1.807, 2.05) is 0 Å². The van der Waals surface area contributed by atoms with E-state index >= 15 is 0 Å². The smallest absolute Gasteiger partial charge is 0.354 e. The number of thioether (sulfide) groups is 1. The molecule has 0 unspecified atom stereocenters. The van der Waals surface area contributed by atoms with Crippen molar-refractivity contribution in [3.63, 3.8) is 0 Å². The van der Waals surface area contributed by atoms with E-state index < -0.39 is 5.51 Å². The normalized spacial score (nSPS) is 15.3. The Bertz CT molecular complexity index is 570. The molecule has 1 aromatic carbocycles. The van der Waals surface area contributed by atoms with Crippen LogP contribution in [0.2, 0.25) is 0 Å². The van der Waals surface area contributed by atoms with Crippen LogP contribution in [-0.2, 0) is 4.79 Å². The molecule has 2 rings (SSSR count). The average molecular weight is 360 g/mol. The van der Waals surface area contributed by atoms with E-state index in [0.717, 1.165) is 25.7 Å².